The first-order valence-corrected chi connectivity index (χ1v) is 8.04. The number of piperazine rings is 1. The third-order valence-corrected chi connectivity index (χ3v) is 4.09. The molecule has 0 radical (unpaired) electrons. The third-order valence-electron chi connectivity index (χ3n) is 4.09. The Kier molecular flexibility index (Phi) is 4.65. The number of hydrogen-bond acceptors (Lipinski definition) is 6. The summed E-state index contributed by atoms with van der Waals surface area (Å²) < 4.78 is 39.5. The van der Waals surface area contributed by atoms with Crippen LogP contribution in [0.3, 0.4) is 0 Å². The summed E-state index contributed by atoms with van der Waals surface area (Å²) in [6, 6.07) is 4.06. The van der Waals surface area contributed by atoms with Crippen LogP contribution in [-0.2, 0) is 12.6 Å². The summed E-state index contributed by atoms with van der Waals surface area (Å²) in [6.07, 6.45) is -2.37. The summed E-state index contributed by atoms with van der Waals surface area (Å²) in [5.74, 6) is 1.74. The highest BCUT2D eigenvalue weighted by Crippen LogP contribution is 2.35. The number of hydrogen-bond donors (Lipinski definition) is 1. The molecule has 0 aromatic carbocycles. The second-order valence-corrected chi connectivity index (χ2v) is 5.77. The smallest absolute Gasteiger partial charge is 0.384 e. The SMILES string of the molecule is CCc1nc(N)cc(N2CCN(c3ncccc3C(F)(F)F)CC2)n1. The fourth-order valence-electron chi connectivity index (χ4n) is 2.84. The van der Waals surface area contributed by atoms with E-state index in [1.54, 1.807) is 11.0 Å². The van der Waals surface area contributed by atoms with E-state index in [0.29, 0.717) is 50.1 Å². The Morgan fingerprint density at radius 2 is 1.80 bits per heavy atom. The van der Waals surface area contributed by atoms with E-state index >= 15 is 0 Å². The number of aryl methyl sites for hydroxylation is 1. The van der Waals surface area contributed by atoms with Gasteiger partial charge < -0.3 is 15.5 Å². The zero-order valence-electron chi connectivity index (χ0n) is 13.8. The molecule has 1 aliphatic rings. The Bertz CT molecular complexity index is 741. The van der Waals surface area contributed by atoms with Gasteiger partial charge in [0.15, 0.2) is 0 Å². The topological polar surface area (TPSA) is 71.2 Å². The molecule has 0 saturated carbocycles. The number of nitrogen functional groups attached to an aromatic ring is 1. The van der Waals surface area contributed by atoms with Crippen molar-refractivity contribution in [2.24, 2.45) is 0 Å². The Morgan fingerprint density at radius 1 is 1.12 bits per heavy atom. The second kappa shape index (κ2) is 6.73. The number of pyridine rings is 1. The van der Waals surface area contributed by atoms with Crippen LogP contribution in [0.1, 0.15) is 18.3 Å². The summed E-state index contributed by atoms with van der Waals surface area (Å²) in [6.45, 7) is 3.86. The van der Waals surface area contributed by atoms with Gasteiger partial charge in [-0.2, -0.15) is 13.2 Å². The van der Waals surface area contributed by atoms with Crippen LogP contribution < -0.4 is 15.5 Å². The van der Waals surface area contributed by atoms with Gasteiger partial charge in [0.2, 0.25) is 0 Å². The van der Waals surface area contributed by atoms with E-state index in [0.717, 1.165) is 6.07 Å². The maximum Gasteiger partial charge on any atom is 0.419 e. The van der Waals surface area contributed by atoms with Crippen LogP contribution in [0.5, 0.6) is 0 Å². The summed E-state index contributed by atoms with van der Waals surface area (Å²) in [5.41, 5.74) is 5.10. The van der Waals surface area contributed by atoms with Gasteiger partial charge in [0.25, 0.3) is 0 Å². The van der Waals surface area contributed by atoms with E-state index in [2.05, 4.69) is 15.0 Å². The molecule has 0 aliphatic carbocycles. The molecule has 2 aromatic heterocycles. The van der Waals surface area contributed by atoms with Crippen molar-refractivity contribution < 1.29 is 13.2 Å². The fraction of sp³-hybridized carbons (Fsp3) is 0.438. The largest absolute Gasteiger partial charge is 0.419 e. The molecule has 1 saturated heterocycles. The van der Waals surface area contributed by atoms with Crippen molar-refractivity contribution in [1.82, 2.24) is 15.0 Å². The predicted octanol–water partition coefficient (Wildman–Crippen LogP) is 2.36. The maximum atomic E-state index is 13.2. The van der Waals surface area contributed by atoms with E-state index in [1.165, 1.54) is 12.3 Å². The van der Waals surface area contributed by atoms with E-state index in [9.17, 15) is 13.2 Å². The Hall–Kier alpha value is -2.58. The number of nitrogens with two attached hydrogens (primary N) is 1. The van der Waals surface area contributed by atoms with Gasteiger partial charge in [-0.3, -0.25) is 0 Å². The standard InChI is InChI=1S/C16H19F3N6/c1-2-13-22-12(20)10-14(23-13)24-6-8-25(9-7-24)15-11(16(17,18)19)4-3-5-21-15/h3-5,10H,2,6-9H2,1H3,(H2,20,22,23). The lowest BCUT2D eigenvalue weighted by Crippen LogP contribution is -2.47. The molecule has 3 rings (SSSR count). The van der Waals surface area contributed by atoms with Gasteiger partial charge in [-0.1, -0.05) is 6.92 Å². The maximum absolute atomic E-state index is 13.2. The monoisotopic (exact) mass is 352 g/mol. The van der Waals surface area contributed by atoms with Crippen molar-refractivity contribution in [3.8, 4) is 0 Å². The van der Waals surface area contributed by atoms with Crippen LogP contribution in [0.4, 0.5) is 30.6 Å². The zero-order valence-corrected chi connectivity index (χ0v) is 13.8. The van der Waals surface area contributed by atoms with Crippen molar-refractivity contribution in [3.63, 3.8) is 0 Å². The Balaban J connectivity index is 1.76. The molecule has 0 bridgehead atoms. The van der Waals surface area contributed by atoms with Crippen LogP contribution in [0, 0.1) is 0 Å². The quantitative estimate of drug-likeness (QED) is 0.914. The normalized spacial score (nSPS) is 15.5. The molecular formula is C16H19F3N6. The zero-order chi connectivity index (χ0) is 18.0. The van der Waals surface area contributed by atoms with Gasteiger partial charge in [-0.05, 0) is 12.1 Å². The first-order chi connectivity index (χ1) is 11.9. The molecule has 6 nitrogen and oxygen atoms in total. The lowest BCUT2D eigenvalue weighted by molar-refractivity contribution is -0.137. The number of halogens is 3. The molecule has 0 unspecified atom stereocenters. The van der Waals surface area contributed by atoms with Gasteiger partial charge in [-0.15, -0.1) is 0 Å². The van der Waals surface area contributed by atoms with Crippen molar-refractivity contribution >= 4 is 17.5 Å². The number of alkyl halides is 3. The van der Waals surface area contributed by atoms with Gasteiger partial charge >= 0.3 is 6.18 Å². The van der Waals surface area contributed by atoms with Gasteiger partial charge in [0, 0.05) is 44.9 Å². The lowest BCUT2D eigenvalue weighted by atomic mass is 10.2. The minimum Gasteiger partial charge on any atom is -0.384 e. The molecule has 3 heterocycles. The second-order valence-electron chi connectivity index (χ2n) is 5.77. The van der Waals surface area contributed by atoms with Gasteiger partial charge in [0.1, 0.15) is 23.3 Å². The summed E-state index contributed by atoms with van der Waals surface area (Å²) in [5, 5.41) is 0. The summed E-state index contributed by atoms with van der Waals surface area (Å²) >= 11 is 0. The average molecular weight is 352 g/mol. The number of nitrogens with zero attached hydrogens (tertiary/aromatic N) is 5. The molecule has 2 aromatic rings. The first-order valence-electron chi connectivity index (χ1n) is 8.04. The number of rotatable bonds is 3. The molecule has 25 heavy (non-hydrogen) atoms. The van der Waals surface area contributed by atoms with Crippen molar-refractivity contribution in [1.29, 1.82) is 0 Å². The molecule has 2 N–H and O–H groups in total. The molecular weight excluding hydrogens is 333 g/mol. The molecule has 1 fully saturated rings. The fourth-order valence-corrected chi connectivity index (χ4v) is 2.84. The van der Waals surface area contributed by atoms with Crippen LogP contribution in [-0.4, -0.2) is 41.1 Å². The lowest BCUT2D eigenvalue weighted by Gasteiger charge is -2.37. The molecule has 0 atom stereocenters. The van der Waals surface area contributed by atoms with Gasteiger partial charge in [0.05, 0.1) is 5.56 Å². The summed E-state index contributed by atoms with van der Waals surface area (Å²) in [7, 11) is 0. The highest BCUT2D eigenvalue weighted by molar-refractivity contribution is 5.52. The number of anilines is 3. The van der Waals surface area contributed by atoms with Crippen LogP contribution in [0.2, 0.25) is 0 Å². The van der Waals surface area contributed by atoms with E-state index in [1.807, 2.05) is 11.8 Å². The van der Waals surface area contributed by atoms with Crippen molar-refractivity contribution in [2.75, 3.05) is 41.7 Å². The molecule has 9 heteroatoms. The minimum absolute atomic E-state index is 0.0221. The average Bonchev–Trinajstić information content (AvgIpc) is 2.60. The molecule has 134 valence electrons. The third kappa shape index (κ3) is 3.75. The minimum atomic E-state index is -4.42. The predicted molar refractivity (Wildman–Crippen MR) is 89.5 cm³/mol. The highest BCUT2D eigenvalue weighted by Gasteiger charge is 2.36. The number of aromatic nitrogens is 3. The van der Waals surface area contributed by atoms with E-state index < -0.39 is 11.7 Å². The first kappa shape index (κ1) is 17.2. The molecule has 0 spiro atoms. The molecule has 1 aliphatic heterocycles. The van der Waals surface area contributed by atoms with Crippen LogP contribution >= 0.6 is 0 Å². The Labute approximate surface area is 143 Å². The van der Waals surface area contributed by atoms with E-state index in [-0.39, 0.29) is 5.82 Å². The highest BCUT2D eigenvalue weighted by atomic mass is 19.4. The van der Waals surface area contributed by atoms with Crippen molar-refractivity contribution in [2.45, 2.75) is 19.5 Å². The van der Waals surface area contributed by atoms with Gasteiger partial charge in [-0.25, -0.2) is 15.0 Å². The van der Waals surface area contributed by atoms with Crippen LogP contribution in [0.15, 0.2) is 24.4 Å². The van der Waals surface area contributed by atoms with E-state index in [4.69, 9.17) is 5.73 Å². The summed E-state index contributed by atoms with van der Waals surface area (Å²) in [4.78, 5) is 16.2. The van der Waals surface area contributed by atoms with Crippen LogP contribution in [0.25, 0.3) is 0 Å². The molecule has 0 amide bonds. The Morgan fingerprint density at radius 3 is 2.44 bits per heavy atom. The van der Waals surface area contributed by atoms with Crippen molar-refractivity contribution in [3.05, 3.63) is 35.8 Å².